The molecule has 0 aromatic carbocycles. The Kier molecular flexibility index (Phi) is 2.34. The first kappa shape index (κ1) is 7.62. The average molecular weight is 155 g/mol. The van der Waals surface area contributed by atoms with Crippen LogP contribution in [0.1, 0.15) is 17.1 Å². The summed E-state index contributed by atoms with van der Waals surface area (Å²) in [4.78, 5) is 8.53. The van der Waals surface area contributed by atoms with Gasteiger partial charge >= 0.3 is 0 Å². The molecule has 0 aliphatic heterocycles. The minimum atomic E-state index is 0.994. The van der Waals surface area contributed by atoms with Gasteiger partial charge in [-0.05, 0) is 23.1 Å². The first-order valence-electron chi connectivity index (χ1n) is 3.32. The lowest BCUT2D eigenvalue weighted by Crippen LogP contribution is -1.94. The summed E-state index contributed by atoms with van der Waals surface area (Å²) in [7, 11) is 1.90. The molecule has 3 heteroatoms. The standard InChI is InChI=1S/C7H11N2P/c1-5-6(2)9-7(4-10)3-8-5/h3H,4,10H2,1-2H3/p+1. The van der Waals surface area contributed by atoms with E-state index in [-0.39, 0.29) is 0 Å². The molecule has 0 aliphatic rings. The second-order valence-electron chi connectivity index (χ2n) is 2.28. The van der Waals surface area contributed by atoms with Gasteiger partial charge in [0.15, 0.2) is 0 Å². The second-order valence-corrected chi connectivity index (χ2v) is 2.78. The molecule has 1 unspecified atom stereocenters. The number of aryl methyl sites for hydroxylation is 2. The van der Waals surface area contributed by atoms with E-state index in [1.54, 1.807) is 0 Å². The second kappa shape index (κ2) is 3.07. The summed E-state index contributed by atoms with van der Waals surface area (Å²) in [5.74, 6) is 0. The quantitative estimate of drug-likeness (QED) is 0.569. The van der Waals surface area contributed by atoms with Crippen LogP contribution in [0.4, 0.5) is 0 Å². The molecule has 2 nitrogen and oxygen atoms in total. The molecule has 0 saturated heterocycles. The molecule has 1 aromatic rings. The summed E-state index contributed by atoms with van der Waals surface area (Å²) >= 11 is 0. The van der Waals surface area contributed by atoms with E-state index < -0.39 is 0 Å². The number of aromatic nitrogens is 2. The Morgan fingerprint density at radius 1 is 1.40 bits per heavy atom. The van der Waals surface area contributed by atoms with E-state index in [4.69, 9.17) is 0 Å². The first-order chi connectivity index (χ1) is 4.74. The molecule has 0 aliphatic carbocycles. The predicted molar refractivity (Wildman–Crippen MR) is 46.3 cm³/mol. The van der Waals surface area contributed by atoms with Crippen molar-refractivity contribution in [1.29, 1.82) is 0 Å². The van der Waals surface area contributed by atoms with Crippen molar-refractivity contribution in [3.05, 3.63) is 23.3 Å². The minimum Gasteiger partial charge on any atom is -0.258 e. The van der Waals surface area contributed by atoms with Crippen LogP contribution in [0, 0.1) is 13.8 Å². The highest BCUT2D eigenvalue weighted by Crippen LogP contribution is 2.03. The Hall–Kier alpha value is -0.490. The van der Waals surface area contributed by atoms with Crippen molar-refractivity contribution < 1.29 is 0 Å². The van der Waals surface area contributed by atoms with Gasteiger partial charge in [0.1, 0.15) is 0 Å². The van der Waals surface area contributed by atoms with Gasteiger partial charge in [-0.3, -0.25) is 9.97 Å². The first-order valence-corrected chi connectivity index (χ1v) is 4.32. The van der Waals surface area contributed by atoms with Gasteiger partial charge in [0.05, 0.1) is 29.4 Å². The fourth-order valence-electron chi connectivity index (χ4n) is 0.710. The van der Waals surface area contributed by atoms with E-state index in [1.165, 1.54) is 0 Å². The van der Waals surface area contributed by atoms with Crippen LogP contribution in [0.15, 0.2) is 6.20 Å². The number of hydrogen-bond donors (Lipinski definition) is 0. The lowest BCUT2D eigenvalue weighted by Gasteiger charge is -1.97. The summed E-state index contributed by atoms with van der Waals surface area (Å²) in [6.45, 7) is 3.97. The Labute approximate surface area is 63.3 Å². The van der Waals surface area contributed by atoms with E-state index in [0.717, 1.165) is 23.2 Å². The topological polar surface area (TPSA) is 25.8 Å². The third-order valence-electron chi connectivity index (χ3n) is 1.50. The monoisotopic (exact) mass is 155 g/mol. The zero-order valence-electron chi connectivity index (χ0n) is 6.39. The molecule has 0 spiro atoms. The predicted octanol–water partition coefficient (Wildman–Crippen LogP) is 1.20. The highest BCUT2D eigenvalue weighted by Gasteiger charge is 1.97. The van der Waals surface area contributed by atoms with Crippen molar-refractivity contribution in [3.63, 3.8) is 0 Å². The lowest BCUT2D eigenvalue weighted by molar-refractivity contribution is 0.994. The van der Waals surface area contributed by atoms with Gasteiger partial charge < -0.3 is 0 Å². The minimum absolute atomic E-state index is 0.994. The summed E-state index contributed by atoms with van der Waals surface area (Å²) in [5.41, 5.74) is 3.16. The number of nitrogens with zero attached hydrogens (tertiary/aromatic N) is 2. The molecule has 10 heavy (non-hydrogen) atoms. The van der Waals surface area contributed by atoms with Crippen LogP contribution >= 0.6 is 9.24 Å². The van der Waals surface area contributed by atoms with Crippen LogP contribution in [-0.2, 0) is 6.16 Å². The number of rotatable bonds is 1. The van der Waals surface area contributed by atoms with Gasteiger partial charge in [0.2, 0.25) is 0 Å². The molecule has 1 atom stereocenters. The molecule has 0 saturated carbocycles. The summed E-state index contributed by atoms with van der Waals surface area (Å²) in [6.07, 6.45) is 2.84. The molecular weight excluding hydrogens is 143 g/mol. The number of hydrogen-bond acceptors (Lipinski definition) is 2. The van der Waals surface area contributed by atoms with Crippen molar-refractivity contribution in [2.24, 2.45) is 0 Å². The van der Waals surface area contributed by atoms with Crippen LogP contribution in [-0.4, -0.2) is 9.97 Å². The van der Waals surface area contributed by atoms with Crippen LogP contribution < -0.4 is 0 Å². The summed E-state index contributed by atoms with van der Waals surface area (Å²) in [5, 5.41) is 0. The molecule has 0 amide bonds. The van der Waals surface area contributed by atoms with E-state index in [2.05, 4.69) is 9.97 Å². The van der Waals surface area contributed by atoms with Crippen LogP contribution in [0.2, 0.25) is 0 Å². The Balaban J connectivity index is 3.04. The Morgan fingerprint density at radius 2 is 2.10 bits per heavy atom. The van der Waals surface area contributed by atoms with Gasteiger partial charge in [-0.15, -0.1) is 0 Å². The maximum absolute atomic E-state index is 4.34. The molecule has 1 heterocycles. The van der Waals surface area contributed by atoms with Gasteiger partial charge in [-0.1, -0.05) is 0 Å². The molecule has 0 bridgehead atoms. The Morgan fingerprint density at radius 3 is 2.60 bits per heavy atom. The summed E-state index contributed by atoms with van der Waals surface area (Å²) in [6, 6.07) is 0. The molecule has 0 fully saturated rings. The van der Waals surface area contributed by atoms with Gasteiger partial charge in [0, 0.05) is 0 Å². The highest BCUT2D eigenvalue weighted by molar-refractivity contribution is 7.15. The van der Waals surface area contributed by atoms with Crippen LogP contribution in [0.3, 0.4) is 0 Å². The molecule has 1 aromatic heterocycles. The van der Waals surface area contributed by atoms with Crippen molar-refractivity contribution in [2.45, 2.75) is 20.0 Å². The summed E-state index contributed by atoms with van der Waals surface area (Å²) < 4.78 is 0. The van der Waals surface area contributed by atoms with Crippen molar-refractivity contribution >= 4 is 9.24 Å². The van der Waals surface area contributed by atoms with E-state index >= 15 is 0 Å². The smallest absolute Gasteiger partial charge is 0.0959 e. The van der Waals surface area contributed by atoms with Crippen molar-refractivity contribution in [1.82, 2.24) is 9.97 Å². The Bertz CT molecular complexity index is 235. The third kappa shape index (κ3) is 1.51. The lowest BCUT2D eigenvalue weighted by atomic mass is 10.3. The molecule has 0 radical (unpaired) electrons. The zero-order chi connectivity index (χ0) is 7.56. The molecule has 1 rings (SSSR count). The fourth-order valence-corrected chi connectivity index (χ4v) is 0.951. The third-order valence-corrected chi connectivity index (χ3v) is 2.01. The van der Waals surface area contributed by atoms with Gasteiger partial charge in [-0.2, -0.15) is 0 Å². The van der Waals surface area contributed by atoms with E-state index in [1.807, 2.05) is 29.3 Å². The maximum atomic E-state index is 4.34. The van der Waals surface area contributed by atoms with Crippen molar-refractivity contribution in [2.75, 3.05) is 0 Å². The average Bonchev–Trinajstić information content (AvgIpc) is 1.95. The van der Waals surface area contributed by atoms with Crippen molar-refractivity contribution in [3.8, 4) is 0 Å². The van der Waals surface area contributed by atoms with Crippen LogP contribution in [0.25, 0.3) is 0 Å². The van der Waals surface area contributed by atoms with E-state index in [0.29, 0.717) is 0 Å². The SMILES string of the molecule is Cc1ncc(C[PH3+])nc1C. The van der Waals surface area contributed by atoms with E-state index in [9.17, 15) is 0 Å². The molecule has 0 N–H and O–H groups in total. The highest BCUT2D eigenvalue weighted by atomic mass is 31.0. The van der Waals surface area contributed by atoms with Crippen LogP contribution in [0.5, 0.6) is 0 Å². The van der Waals surface area contributed by atoms with Gasteiger partial charge in [-0.25, -0.2) is 0 Å². The molecular formula is C7H12N2P+. The molecule has 54 valence electrons. The normalized spacial score (nSPS) is 10.2. The largest absolute Gasteiger partial charge is 0.258 e. The van der Waals surface area contributed by atoms with Gasteiger partial charge in [0.25, 0.3) is 0 Å². The maximum Gasteiger partial charge on any atom is 0.0959 e. The fraction of sp³-hybridized carbons (Fsp3) is 0.429. The zero-order valence-corrected chi connectivity index (χ0v) is 7.80.